The predicted molar refractivity (Wildman–Crippen MR) is 109 cm³/mol. The van der Waals surface area contributed by atoms with E-state index >= 15 is 0 Å². The second-order valence-corrected chi connectivity index (χ2v) is 7.00. The van der Waals surface area contributed by atoms with Crippen molar-refractivity contribution in [1.29, 1.82) is 0 Å². The Morgan fingerprint density at radius 2 is 1.81 bits per heavy atom. The molecule has 3 aromatic carbocycles. The van der Waals surface area contributed by atoms with Gasteiger partial charge in [0, 0.05) is 26.9 Å². The molecule has 4 aromatic rings. The van der Waals surface area contributed by atoms with Crippen LogP contribution in [0.15, 0.2) is 65.1 Å². The molecule has 4 nitrogen and oxygen atoms in total. The summed E-state index contributed by atoms with van der Waals surface area (Å²) < 4.78 is 5.81. The molecule has 0 saturated heterocycles. The first-order valence-corrected chi connectivity index (χ1v) is 8.99. The molecule has 134 valence electrons. The highest BCUT2D eigenvalue weighted by atomic mass is 35.5. The minimum atomic E-state index is -0.234. The number of oxazole rings is 1. The summed E-state index contributed by atoms with van der Waals surface area (Å²) >= 11 is 12.0. The Bertz CT molecular complexity index is 1170. The Morgan fingerprint density at radius 1 is 1.00 bits per heavy atom. The van der Waals surface area contributed by atoms with Gasteiger partial charge in [0.25, 0.3) is 5.91 Å². The maximum Gasteiger partial charge on any atom is 0.255 e. The normalized spacial score (nSPS) is 10.9. The summed E-state index contributed by atoms with van der Waals surface area (Å²) in [5.74, 6) is 0.229. The molecule has 1 heterocycles. The first kappa shape index (κ1) is 17.6. The van der Waals surface area contributed by atoms with Crippen molar-refractivity contribution in [2.24, 2.45) is 0 Å². The molecule has 0 atom stereocenters. The Labute approximate surface area is 165 Å². The van der Waals surface area contributed by atoms with Crippen molar-refractivity contribution in [2.75, 3.05) is 5.32 Å². The van der Waals surface area contributed by atoms with Gasteiger partial charge in [0.2, 0.25) is 5.89 Å². The maximum atomic E-state index is 12.5. The quantitative estimate of drug-likeness (QED) is 0.438. The number of hydrogen-bond acceptors (Lipinski definition) is 3. The Hall–Kier alpha value is -2.82. The molecular formula is C21H14Cl2N2O2. The number of carbonyl (C=O) groups excluding carboxylic acids is 1. The van der Waals surface area contributed by atoms with Gasteiger partial charge in [-0.25, -0.2) is 4.98 Å². The summed E-state index contributed by atoms with van der Waals surface area (Å²) in [5.41, 5.74) is 4.19. The standard InChI is InChI=1S/C21H14Cl2N2O2/c1-12-5-6-14(21-25-18-11-16(23)7-8-19(18)27-21)10-17(12)24-20(26)13-3-2-4-15(22)9-13/h2-11H,1H3,(H,24,26). The van der Waals surface area contributed by atoms with E-state index in [0.29, 0.717) is 38.3 Å². The number of aromatic nitrogens is 1. The summed E-state index contributed by atoms with van der Waals surface area (Å²) in [5, 5.41) is 4.03. The lowest BCUT2D eigenvalue weighted by Crippen LogP contribution is -2.12. The van der Waals surface area contributed by atoms with Gasteiger partial charge in [0.15, 0.2) is 5.58 Å². The lowest BCUT2D eigenvalue weighted by atomic mass is 10.1. The molecule has 4 rings (SSSR count). The minimum Gasteiger partial charge on any atom is -0.436 e. The summed E-state index contributed by atoms with van der Waals surface area (Å²) in [4.78, 5) is 17.0. The topological polar surface area (TPSA) is 55.1 Å². The van der Waals surface area contributed by atoms with Crippen LogP contribution in [0.1, 0.15) is 15.9 Å². The zero-order valence-electron chi connectivity index (χ0n) is 14.3. The highest BCUT2D eigenvalue weighted by Crippen LogP contribution is 2.29. The number of anilines is 1. The predicted octanol–water partition coefficient (Wildman–Crippen LogP) is 6.36. The molecule has 1 amide bonds. The number of benzene rings is 3. The van der Waals surface area contributed by atoms with E-state index in [2.05, 4.69) is 10.3 Å². The maximum absolute atomic E-state index is 12.5. The molecule has 0 unspecified atom stereocenters. The molecule has 0 aliphatic carbocycles. The largest absolute Gasteiger partial charge is 0.436 e. The van der Waals surface area contributed by atoms with Crippen molar-refractivity contribution in [2.45, 2.75) is 6.92 Å². The molecule has 27 heavy (non-hydrogen) atoms. The van der Waals surface area contributed by atoms with Crippen LogP contribution in [0.5, 0.6) is 0 Å². The number of carbonyl (C=O) groups is 1. The van der Waals surface area contributed by atoms with Gasteiger partial charge in [-0.3, -0.25) is 4.79 Å². The van der Waals surface area contributed by atoms with Gasteiger partial charge in [-0.1, -0.05) is 35.3 Å². The van der Waals surface area contributed by atoms with Crippen molar-refractivity contribution < 1.29 is 9.21 Å². The van der Waals surface area contributed by atoms with E-state index in [1.807, 2.05) is 25.1 Å². The van der Waals surface area contributed by atoms with Crippen molar-refractivity contribution >= 4 is 45.9 Å². The number of fused-ring (bicyclic) bond motifs is 1. The fourth-order valence-electron chi connectivity index (χ4n) is 2.74. The first-order chi connectivity index (χ1) is 13.0. The highest BCUT2D eigenvalue weighted by Gasteiger charge is 2.13. The number of aryl methyl sites for hydroxylation is 1. The third-order valence-electron chi connectivity index (χ3n) is 4.17. The summed E-state index contributed by atoms with van der Waals surface area (Å²) in [6.07, 6.45) is 0. The van der Waals surface area contributed by atoms with Crippen LogP contribution in [0.2, 0.25) is 10.0 Å². The molecular weight excluding hydrogens is 383 g/mol. The Balaban J connectivity index is 1.67. The zero-order valence-corrected chi connectivity index (χ0v) is 15.8. The minimum absolute atomic E-state index is 0.234. The summed E-state index contributed by atoms with van der Waals surface area (Å²) in [6.45, 7) is 1.92. The van der Waals surface area contributed by atoms with Crippen LogP contribution in [-0.2, 0) is 0 Å². The monoisotopic (exact) mass is 396 g/mol. The number of halogens is 2. The van der Waals surface area contributed by atoms with Crippen molar-refractivity contribution in [1.82, 2.24) is 4.98 Å². The average Bonchev–Trinajstić information content (AvgIpc) is 3.06. The van der Waals surface area contributed by atoms with E-state index in [4.69, 9.17) is 27.6 Å². The van der Waals surface area contributed by atoms with E-state index in [1.165, 1.54) is 0 Å². The average molecular weight is 397 g/mol. The van der Waals surface area contributed by atoms with E-state index in [9.17, 15) is 4.79 Å². The molecule has 0 aliphatic rings. The van der Waals surface area contributed by atoms with E-state index in [1.54, 1.807) is 42.5 Å². The summed E-state index contributed by atoms with van der Waals surface area (Å²) in [7, 11) is 0. The van der Waals surface area contributed by atoms with Gasteiger partial charge in [-0.15, -0.1) is 0 Å². The fraction of sp³-hybridized carbons (Fsp3) is 0.0476. The van der Waals surface area contributed by atoms with Crippen LogP contribution in [0.3, 0.4) is 0 Å². The zero-order chi connectivity index (χ0) is 19.0. The van der Waals surface area contributed by atoms with Gasteiger partial charge in [-0.2, -0.15) is 0 Å². The van der Waals surface area contributed by atoms with Gasteiger partial charge < -0.3 is 9.73 Å². The van der Waals surface area contributed by atoms with Crippen LogP contribution < -0.4 is 5.32 Å². The fourth-order valence-corrected chi connectivity index (χ4v) is 3.09. The van der Waals surface area contributed by atoms with Crippen LogP contribution in [0, 0.1) is 6.92 Å². The smallest absolute Gasteiger partial charge is 0.255 e. The van der Waals surface area contributed by atoms with Gasteiger partial charge in [-0.05, 0) is 61.0 Å². The second-order valence-electron chi connectivity index (χ2n) is 6.13. The van der Waals surface area contributed by atoms with Crippen LogP contribution in [0.4, 0.5) is 5.69 Å². The number of rotatable bonds is 3. The number of nitrogens with zero attached hydrogens (tertiary/aromatic N) is 1. The lowest BCUT2D eigenvalue weighted by Gasteiger charge is -2.10. The van der Waals surface area contributed by atoms with Crippen LogP contribution >= 0.6 is 23.2 Å². The molecule has 6 heteroatoms. The SMILES string of the molecule is Cc1ccc(-c2nc3cc(Cl)ccc3o2)cc1NC(=O)c1cccc(Cl)c1. The second kappa shape index (κ2) is 7.06. The Morgan fingerprint density at radius 3 is 2.63 bits per heavy atom. The van der Waals surface area contributed by atoms with Gasteiger partial charge >= 0.3 is 0 Å². The number of amides is 1. The number of nitrogens with one attached hydrogen (secondary N) is 1. The molecule has 0 fully saturated rings. The first-order valence-electron chi connectivity index (χ1n) is 8.23. The van der Waals surface area contributed by atoms with E-state index in [-0.39, 0.29) is 5.91 Å². The molecule has 0 aliphatic heterocycles. The summed E-state index contributed by atoms with van der Waals surface area (Å²) in [6, 6.07) is 17.7. The molecule has 1 N–H and O–H groups in total. The number of hydrogen-bond donors (Lipinski definition) is 1. The molecule has 0 spiro atoms. The van der Waals surface area contributed by atoms with Crippen molar-refractivity contribution in [3.05, 3.63) is 81.8 Å². The third-order valence-corrected chi connectivity index (χ3v) is 4.64. The molecule has 0 bridgehead atoms. The highest BCUT2D eigenvalue weighted by molar-refractivity contribution is 6.31. The Kier molecular flexibility index (Phi) is 4.60. The van der Waals surface area contributed by atoms with Crippen LogP contribution in [0.25, 0.3) is 22.6 Å². The van der Waals surface area contributed by atoms with Gasteiger partial charge in [0.05, 0.1) is 0 Å². The third kappa shape index (κ3) is 3.68. The molecule has 0 saturated carbocycles. The lowest BCUT2D eigenvalue weighted by molar-refractivity contribution is 0.102. The van der Waals surface area contributed by atoms with Crippen LogP contribution in [-0.4, -0.2) is 10.9 Å². The van der Waals surface area contributed by atoms with Gasteiger partial charge in [0.1, 0.15) is 5.52 Å². The molecule has 0 radical (unpaired) electrons. The van der Waals surface area contributed by atoms with E-state index < -0.39 is 0 Å². The molecule has 1 aromatic heterocycles. The van der Waals surface area contributed by atoms with E-state index in [0.717, 1.165) is 11.1 Å². The van der Waals surface area contributed by atoms with Crippen molar-refractivity contribution in [3.63, 3.8) is 0 Å². The van der Waals surface area contributed by atoms with Crippen molar-refractivity contribution in [3.8, 4) is 11.5 Å².